The zero-order valence-electron chi connectivity index (χ0n) is 18.2. The van der Waals surface area contributed by atoms with Crippen LogP contribution < -0.4 is 19.7 Å². The topological polar surface area (TPSA) is 69.1 Å². The molecule has 2 aromatic carbocycles. The molecule has 1 aliphatic heterocycles. The molecule has 0 saturated heterocycles. The zero-order chi connectivity index (χ0) is 21.7. The molecule has 1 amide bonds. The van der Waals surface area contributed by atoms with E-state index >= 15 is 0 Å². The molecule has 6 heteroatoms. The lowest BCUT2D eigenvalue weighted by Crippen LogP contribution is -3.16. The summed E-state index contributed by atoms with van der Waals surface area (Å²) >= 11 is 0. The van der Waals surface area contributed by atoms with Gasteiger partial charge in [-0.05, 0) is 57.5 Å². The van der Waals surface area contributed by atoms with Gasteiger partial charge in [-0.25, -0.2) is 0 Å². The largest absolute Gasteiger partial charge is 0.490 e. The number of fused-ring (bicyclic) bond motifs is 1. The molecule has 0 aromatic heterocycles. The first-order valence-corrected chi connectivity index (χ1v) is 10.6. The number of hydrogen-bond acceptors (Lipinski definition) is 4. The maximum atomic E-state index is 12.9. The van der Waals surface area contributed by atoms with Crippen LogP contribution in [0.25, 0.3) is 0 Å². The van der Waals surface area contributed by atoms with Gasteiger partial charge in [0, 0.05) is 23.2 Å². The summed E-state index contributed by atoms with van der Waals surface area (Å²) in [4.78, 5) is 25.6. The summed E-state index contributed by atoms with van der Waals surface area (Å²) in [6, 6.07) is 11.0. The van der Waals surface area contributed by atoms with E-state index < -0.39 is 0 Å². The number of rotatable bonds is 8. The normalized spacial score (nSPS) is 16.3. The molecule has 0 radical (unpaired) electrons. The number of benzene rings is 2. The van der Waals surface area contributed by atoms with Crippen LogP contribution in [0.15, 0.2) is 36.4 Å². The molecule has 2 aromatic rings. The van der Waals surface area contributed by atoms with E-state index in [0.29, 0.717) is 24.5 Å². The number of carbonyl (C=O) groups excluding carboxylic acids is 2. The van der Waals surface area contributed by atoms with E-state index in [4.69, 9.17) is 9.47 Å². The highest BCUT2D eigenvalue weighted by Crippen LogP contribution is 2.32. The van der Waals surface area contributed by atoms with E-state index in [1.807, 2.05) is 26.8 Å². The van der Waals surface area contributed by atoms with E-state index in [2.05, 4.69) is 17.4 Å². The maximum Gasteiger partial charge on any atom is 0.282 e. The van der Waals surface area contributed by atoms with Crippen molar-refractivity contribution in [1.29, 1.82) is 0 Å². The number of amides is 1. The average Bonchev–Trinajstić information content (AvgIpc) is 2.73. The monoisotopic (exact) mass is 411 g/mol. The van der Waals surface area contributed by atoms with Crippen molar-refractivity contribution in [3.05, 3.63) is 53.1 Å². The van der Waals surface area contributed by atoms with Crippen LogP contribution >= 0.6 is 0 Å². The Hall–Kier alpha value is -2.86. The third kappa shape index (κ3) is 5.00. The van der Waals surface area contributed by atoms with E-state index in [0.717, 1.165) is 31.0 Å². The number of hydrogen-bond donors (Lipinski definition) is 2. The van der Waals surface area contributed by atoms with E-state index in [-0.39, 0.29) is 17.7 Å². The smallest absolute Gasteiger partial charge is 0.282 e. The summed E-state index contributed by atoms with van der Waals surface area (Å²) in [5.74, 6) is 1.48. The number of ether oxygens (including phenoxy) is 2. The molecule has 2 atom stereocenters. The molecular weight excluding hydrogens is 380 g/mol. The molecule has 2 N–H and O–H groups in total. The van der Waals surface area contributed by atoms with Crippen LogP contribution in [0.4, 0.5) is 5.69 Å². The van der Waals surface area contributed by atoms with Gasteiger partial charge in [0.2, 0.25) is 0 Å². The molecule has 1 heterocycles. The van der Waals surface area contributed by atoms with Crippen LogP contribution in [-0.4, -0.2) is 37.5 Å². The van der Waals surface area contributed by atoms with Gasteiger partial charge in [-0.1, -0.05) is 12.1 Å². The Balaban J connectivity index is 1.72. The number of quaternary nitrogens is 1. The van der Waals surface area contributed by atoms with Crippen LogP contribution in [0.2, 0.25) is 0 Å². The molecule has 0 saturated carbocycles. The first-order valence-electron chi connectivity index (χ1n) is 10.6. The lowest BCUT2D eigenvalue weighted by atomic mass is 9.97. The van der Waals surface area contributed by atoms with Crippen LogP contribution in [0.5, 0.6) is 11.5 Å². The van der Waals surface area contributed by atoms with Crippen LogP contribution in [0.1, 0.15) is 49.2 Å². The van der Waals surface area contributed by atoms with Gasteiger partial charge in [0.25, 0.3) is 5.91 Å². The molecule has 0 fully saturated rings. The quantitative estimate of drug-likeness (QED) is 0.656. The average molecular weight is 412 g/mol. The van der Waals surface area contributed by atoms with Crippen LogP contribution in [-0.2, 0) is 17.8 Å². The second kappa shape index (κ2) is 9.76. The van der Waals surface area contributed by atoms with Gasteiger partial charge in [-0.3, -0.25) is 9.59 Å². The van der Waals surface area contributed by atoms with Gasteiger partial charge < -0.3 is 19.7 Å². The fourth-order valence-corrected chi connectivity index (χ4v) is 3.83. The minimum absolute atomic E-state index is 0.0195. The Labute approximate surface area is 178 Å². The molecule has 0 spiro atoms. The maximum absolute atomic E-state index is 12.9. The predicted molar refractivity (Wildman–Crippen MR) is 117 cm³/mol. The summed E-state index contributed by atoms with van der Waals surface area (Å²) in [5.41, 5.74) is 3.69. The van der Waals surface area contributed by atoms with Crippen LogP contribution in [0.3, 0.4) is 0 Å². The summed E-state index contributed by atoms with van der Waals surface area (Å²) < 4.78 is 11.5. The molecule has 30 heavy (non-hydrogen) atoms. The van der Waals surface area contributed by atoms with Crippen LogP contribution in [0, 0.1) is 0 Å². The van der Waals surface area contributed by atoms with Crippen molar-refractivity contribution in [2.24, 2.45) is 0 Å². The molecule has 3 rings (SSSR count). The third-order valence-corrected chi connectivity index (χ3v) is 5.54. The van der Waals surface area contributed by atoms with Crippen molar-refractivity contribution in [3.63, 3.8) is 0 Å². The van der Waals surface area contributed by atoms with Gasteiger partial charge in [0.05, 0.1) is 19.8 Å². The summed E-state index contributed by atoms with van der Waals surface area (Å²) in [6.07, 6.45) is 0.884. The van der Waals surface area contributed by atoms with Gasteiger partial charge in [-0.2, -0.15) is 0 Å². The summed E-state index contributed by atoms with van der Waals surface area (Å²) in [5, 5.41) is 2.96. The predicted octanol–water partition coefficient (Wildman–Crippen LogP) is 2.65. The van der Waals surface area contributed by atoms with Crippen molar-refractivity contribution in [2.75, 3.05) is 25.1 Å². The standard InChI is InChI=1S/C24H30N2O4/c1-5-29-22-13-19-10-11-26(15-20(19)14-23(22)30-6-2)16(3)24(28)25-21-9-7-8-18(12-21)17(4)27/h7-9,12-14,16H,5-6,10-11,15H2,1-4H3,(H,25,28)/p+1/t16-/m0/s1. The first-order chi connectivity index (χ1) is 14.4. The number of anilines is 1. The Morgan fingerprint density at radius 2 is 1.73 bits per heavy atom. The Morgan fingerprint density at radius 3 is 2.37 bits per heavy atom. The number of nitrogens with one attached hydrogen (secondary N) is 2. The molecule has 160 valence electrons. The Kier molecular flexibility index (Phi) is 7.11. The van der Waals surface area contributed by atoms with Gasteiger partial charge in [0.15, 0.2) is 23.3 Å². The molecule has 6 nitrogen and oxygen atoms in total. The Bertz CT molecular complexity index is 925. The highest BCUT2D eigenvalue weighted by atomic mass is 16.5. The van der Waals surface area contributed by atoms with Gasteiger partial charge in [-0.15, -0.1) is 0 Å². The number of ketones is 1. The lowest BCUT2D eigenvalue weighted by molar-refractivity contribution is -0.929. The number of carbonyl (C=O) groups is 2. The minimum atomic E-state index is -0.221. The van der Waals surface area contributed by atoms with E-state index in [1.54, 1.807) is 18.2 Å². The fraction of sp³-hybridized carbons (Fsp3) is 0.417. The van der Waals surface area contributed by atoms with E-state index in [1.165, 1.54) is 23.0 Å². The Morgan fingerprint density at radius 1 is 1.07 bits per heavy atom. The van der Waals surface area contributed by atoms with Gasteiger partial charge in [0.1, 0.15) is 6.54 Å². The van der Waals surface area contributed by atoms with E-state index in [9.17, 15) is 9.59 Å². The van der Waals surface area contributed by atoms with Crippen molar-refractivity contribution in [2.45, 2.75) is 46.7 Å². The van der Waals surface area contributed by atoms with Crippen molar-refractivity contribution in [3.8, 4) is 11.5 Å². The van der Waals surface area contributed by atoms with Gasteiger partial charge >= 0.3 is 0 Å². The molecule has 0 bridgehead atoms. The second-order valence-corrected chi connectivity index (χ2v) is 7.62. The second-order valence-electron chi connectivity index (χ2n) is 7.62. The summed E-state index contributed by atoms with van der Waals surface area (Å²) in [6.45, 7) is 10.2. The number of Topliss-reactive ketones (excluding diaryl/α,β-unsaturated/α-hetero) is 1. The highest BCUT2D eigenvalue weighted by Gasteiger charge is 2.30. The molecular formula is C24H31N2O4+. The zero-order valence-corrected chi connectivity index (χ0v) is 18.2. The fourth-order valence-electron chi connectivity index (χ4n) is 3.83. The first kappa shape index (κ1) is 21.8. The molecule has 1 aliphatic rings. The lowest BCUT2D eigenvalue weighted by Gasteiger charge is -2.30. The SMILES string of the molecule is CCOc1cc2c(cc1OCC)C[NH+]([C@@H](C)C(=O)Nc1cccc(C(C)=O)c1)CC2. The van der Waals surface area contributed by atoms with Crippen molar-refractivity contribution < 1.29 is 24.0 Å². The third-order valence-electron chi connectivity index (χ3n) is 5.54. The van der Waals surface area contributed by atoms with Crippen molar-refractivity contribution >= 4 is 17.4 Å². The minimum Gasteiger partial charge on any atom is -0.490 e. The highest BCUT2D eigenvalue weighted by molar-refractivity contribution is 5.98. The van der Waals surface area contributed by atoms with Crippen molar-refractivity contribution in [1.82, 2.24) is 0 Å². The molecule has 1 unspecified atom stereocenters. The molecule has 0 aliphatic carbocycles. The summed E-state index contributed by atoms with van der Waals surface area (Å²) in [7, 11) is 0.